The fourth-order valence-electron chi connectivity index (χ4n) is 3.50. The molecule has 3 unspecified atom stereocenters. The van der Waals surface area contributed by atoms with Gasteiger partial charge in [0.05, 0.1) is 6.04 Å². The first kappa shape index (κ1) is 10.4. The fourth-order valence-corrected chi connectivity index (χ4v) is 3.50. The molecule has 0 amide bonds. The summed E-state index contributed by atoms with van der Waals surface area (Å²) in [6, 6.07) is 4.85. The summed E-state index contributed by atoms with van der Waals surface area (Å²) in [6.45, 7) is 0. The van der Waals surface area contributed by atoms with Crippen LogP contribution in [0.15, 0.2) is 18.3 Å². The van der Waals surface area contributed by atoms with Gasteiger partial charge in [-0.15, -0.1) is 10.2 Å². The highest BCUT2D eigenvalue weighted by Crippen LogP contribution is 2.38. The van der Waals surface area contributed by atoms with Crippen molar-refractivity contribution < 1.29 is 0 Å². The van der Waals surface area contributed by atoms with Gasteiger partial charge in [-0.25, -0.2) is 0 Å². The van der Waals surface area contributed by atoms with Crippen molar-refractivity contribution in [2.75, 3.05) is 0 Å². The van der Waals surface area contributed by atoms with Crippen LogP contribution in [0.3, 0.4) is 0 Å². The van der Waals surface area contributed by atoms with E-state index in [9.17, 15) is 0 Å². The molecule has 2 aliphatic rings. The summed E-state index contributed by atoms with van der Waals surface area (Å²) in [7, 11) is 0. The van der Waals surface area contributed by atoms with Crippen LogP contribution in [-0.2, 0) is 0 Å². The van der Waals surface area contributed by atoms with E-state index in [0.29, 0.717) is 12.1 Å². The van der Waals surface area contributed by atoms with Gasteiger partial charge in [-0.3, -0.25) is 0 Å². The lowest BCUT2D eigenvalue weighted by Gasteiger charge is -2.24. The minimum Gasteiger partial charge on any atom is -0.304 e. The van der Waals surface area contributed by atoms with Crippen LogP contribution in [0.25, 0.3) is 5.65 Å². The third kappa shape index (κ3) is 1.54. The average Bonchev–Trinajstić information content (AvgIpc) is 3.02. The molecule has 0 spiro atoms. The van der Waals surface area contributed by atoms with Crippen molar-refractivity contribution in [3.63, 3.8) is 0 Å². The van der Waals surface area contributed by atoms with Gasteiger partial charge in [0, 0.05) is 12.2 Å². The molecular weight excluding hydrogens is 226 g/mol. The summed E-state index contributed by atoms with van der Waals surface area (Å²) in [5, 5.41) is 16.6. The minimum absolute atomic E-state index is 0.322. The van der Waals surface area contributed by atoms with Crippen molar-refractivity contribution in [3.8, 4) is 0 Å². The second kappa shape index (κ2) is 4.02. The molecule has 5 heteroatoms. The highest BCUT2D eigenvalue weighted by atomic mass is 15.4. The molecule has 2 fully saturated rings. The topological polar surface area (TPSA) is 55.1 Å². The van der Waals surface area contributed by atoms with Crippen LogP contribution in [0.4, 0.5) is 0 Å². The van der Waals surface area contributed by atoms with Crippen LogP contribution >= 0.6 is 0 Å². The number of nitrogens with one attached hydrogen (secondary N) is 1. The molecule has 0 aromatic carbocycles. The smallest absolute Gasteiger partial charge is 0.177 e. The van der Waals surface area contributed by atoms with Gasteiger partial charge in [-0.05, 0) is 37.3 Å². The number of aromatic nitrogens is 4. The maximum atomic E-state index is 4.35. The fraction of sp³-hybridized carbons (Fsp3) is 0.615. The molecule has 1 aliphatic carbocycles. The predicted molar refractivity (Wildman–Crippen MR) is 67.0 cm³/mol. The lowest BCUT2D eigenvalue weighted by atomic mass is 9.85. The first-order valence-electron chi connectivity index (χ1n) is 6.84. The van der Waals surface area contributed by atoms with Gasteiger partial charge in [0.15, 0.2) is 11.5 Å². The standard InChI is InChI=1S/C13H17N5/c1-2-5-10-9(4-1)8-11(15-10)13-17-16-12-6-3-7-14-18(12)13/h3,6-7,9-11,15H,1-2,4-5,8H2. The quantitative estimate of drug-likeness (QED) is 0.828. The van der Waals surface area contributed by atoms with Gasteiger partial charge in [0.2, 0.25) is 0 Å². The zero-order valence-corrected chi connectivity index (χ0v) is 10.3. The molecular formula is C13H17N5. The summed E-state index contributed by atoms with van der Waals surface area (Å²) in [4.78, 5) is 0. The molecule has 5 nitrogen and oxygen atoms in total. The number of rotatable bonds is 1. The normalized spacial score (nSPS) is 31.7. The average molecular weight is 243 g/mol. The molecule has 2 aromatic rings. The predicted octanol–water partition coefficient (Wildman–Crippen LogP) is 1.72. The zero-order chi connectivity index (χ0) is 11.9. The van der Waals surface area contributed by atoms with E-state index in [0.717, 1.165) is 17.4 Å². The van der Waals surface area contributed by atoms with E-state index >= 15 is 0 Å². The third-order valence-electron chi connectivity index (χ3n) is 4.38. The van der Waals surface area contributed by atoms with E-state index in [2.05, 4.69) is 20.6 Å². The maximum absolute atomic E-state index is 4.35. The maximum Gasteiger partial charge on any atom is 0.177 e. The number of fused-ring (bicyclic) bond motifs is 2. The van der Waals surface area contributed by atoms with Crippen molar-refractivity contribution in [2.45, 2.75) is 44.2 Å². The van der Waals surface area contributed by atoms with Gasteiger partial charge >= 0.3 is 0 Å². The van der Waals surface area contributed by atoms with E-state index in [-0.39, 0.29) is 0 Å². The van der Waals surface area contributed by atoms with Gasteiger partial charge in [0.25, 0.3) is 0 Å². The number of hydrogen-bond acceptors (Lipinski definition) is 4. The van der Waals surface area contributed by atoms with Crippen LogP contribution in [0, 0.1) is 5.92 Å². The molecule has 4 rings (SSSR count). The Hall–Kier alpha value is -1.49. The summed E-state index contributed by atoms with van der Waals surface area (Å²) in [5.41, 5.74) is 0.837. The van der Waals surface area contributed by atoms with Crippen LogP contribution < -0.4 is 5.32 Å². The highest BCUT2D eigenvalue weighted by Gasteiger charge is 2.37. The Balaban J connectivity index is 1.67. The van der Waals surface area contributed by atoms with Crippen molar-refractivity contribution in [1.82, 2.24) is 25.1 Å². The Morgan fingerprint density at radius 3 is 3.11 bits per heavy atom. The second-order valence-corrected chi connectivity index (χ2v) is 5.46. The SMILES string of the molecule is c1cnn2c(C3CC4CCCCC4N3)nnc2c1. The van der Waals surface area contributed by atoms with E-state index < -0.39 is 0 Å². The molecule has 1 aliphatic heterocycles. The Morgan fingerprint density at radius 2 is 2.17 bits per heavy atom. The first-order chi connectivity index (χ1) is 8.92. The van der Waals surface area contributed by atoms with Crippen LogP contribution in [0.5, 0.6) is 0 Å². The van der Waals surface area contributed by atoms with Gasteiger partial charge in [-0.2, -0.15) is 9.61 Å². The lowest BCUT2D eigenvalue weighted by Crippen LogP contribution is -2.30. The van der Waals surface area contributed by atoms with Crippen molar-refractivity contribution in [1.29, 1.82) is 0 Å². The van der Waals surface area contributed by atoms with Crippen molar-refractivity contribution >= 4 is 5.65 Å². The molecule has 3 heterocycles. The summed E-state index contributed by atoms with van der Waals surface area (Å²) >= 11 is 0. The van der Waals surface area contributed by atoms with E-state index in [1.54, 1.807) is 6.20 Å². The van der Waals surface area contributed by atoms with Gasteiger partial charge in [0.1, 0.15) is 0 Å². The summed E-state index contributed by atoms with van der Waals surface area (Å²) in [5.74, 6) is 1.79. The first-order valence-corrected chi connectivity index (χ1v) is 6.84. The highest BCUT2D eigenvalue weighted by molar-refractivity contribution is 5.35. The largest absolute Gasteiger partial charge is 0.304 e. The molecule has 1 saturated carbocycles. The molecule has 1 saturated heterocycles. The summed E-state index contributed by atoms with van der Waals surface area (Å²) in [6.07, 6.45) is 8.39. The molecule has 18 heavy (non-hydrogen) atoms. The summed E-state index contributed by atoms with van der Waals surface area (Å²) < 4.78 is 1.87. The van der Waals surface area contributed by atoms with E-state index in [4.69, 9.17) is 0 Å². The monoisotopic (exact) mass is 243 g/mol. The molecule has 0 bridgehead atoms. The Morgan fingerprint density at radius 1 is 1.22 bits per heavy atom. The number of hydrogen-bond donors (Lipinski definition) is 1. The zero-order valence-electron chi connectivity index (χ0n) is 10.3. The van der Waals surface area contributed by atoms with E-state index in [1.165, 1.54) is 32.1 Å². The van der Waals surface area contributed by atoms with Crippen LogP contribution in [0.2, 0.25) is 0 Å². The molecule has 94 valence electrons. The Kier molecular flexibility index (Phi) is 2.33. The second-order valence-electron chi connectivity index (χ2n) is 5.46. The molecule has 1 N–H and O–H groups in total. The van der Waals surface area contributed by atoms with Crippen LogP contribution in [-0.4, -0.2) is 25.9 Å². The lowest BCUT2D eigenvalue weighted by molar-refractivity contribution is 0.325. The van der Waals surface area contributed by atoms with Gasteiger partial charge < -0.3 is 5.32 Å². The third-order valence-corrected chi connectivity index (χ3v) is 4.38. The molecule has 0 radical (unpaired) electrons. The minimum atomic E-state index is 0.322. The molecule has 3 atom stereocenters. The molecule has 2 aromatic heterocycles. The van der Waals surface area contributed by atoms with Crippen molar-refractivity contribution in [2.24, 2.45) is 5.92 Å². The van der Waals surface area contributed by atoms with E-state index in [1.807, 2.05) is 16.6 Å². The van der Waals surface area contributed by atoms with Gasteiger partial charge in [-0.1, -0.05) is 12.8 Å². The van der Waals surface area contributed by atoms with Crippen molar-refractivity contribution in [3.05, 3.63) is 24.2 Å². The Labute approximate surface area is 106 Å². The Bertz CT molecular complexity index is 549. The van der Waals surface area contributed by atoms with Crippen LogP contribution in [0.1, 0.15) is 44.0 Å². The number of nitrogens with zero attached hydrogens (tertiary/aromatic N) is 4.